The van der Waals surface area contributed by atoms with E-state index in [2.05, 4.69) is 29.3 Å². The topological polar surface area (TPSA) is 58.6 Å². The summed E-state index contributed by atoms with van der Waals surface area (Å²) in [5, 5.41) is 2.86. The summed E-state index contributed by atoms with van der Waals surface area (Å²) in [5.41, 5.74) is 5.40. The molecule has 1 fully saturated rings. The number of carbonyl (C=O) groups is 2. The van der Waals surface area contributed by atoms with Crippen LogP contribution in [0.15, 0.2) is 42.5 Å². The minimum Gasteiger partial charge on any atom is -0.449 e. The number of amides is 1. The van der Waals surface area contributed by atoms with Crippen LogP contribution in [0, 0.1) is 5.41 Å². The molecule has 0 saturated heterocycles. The number of aryl methyl sites for hydroxylation is 1. The highest BCUT2D eigenvalue weighted by Gasteiger charge is 2.38. The number of hydrogen-bond acceptors (Lipinski definition) is 4. The van der Waals surface area contributed by atoms with Gasteiger partial charge in [-0.3, -0.25) is 10.1 Å². The van der Waals surface area contributed by atoms with Crippen molar-refractivity contribution in [2.24, 2.45) is 5.41 Å². The maximum atomic E-state index is 12.1. The fourth-order valence-corrected chi connectivity index (χ4v) is 3.87. The number of para-hydroxylation sites is 1. The fourth-order valence-electron chi connectivity index (χ4n) is 3.87. The molecule has 1 N–H and O–H groups in total. The molecule has 152 valence electrons. The van der Waals surface area contributed by atoms with Crippen molar-refractivity contribution in [2.75, 3.05) is 23.4 Å². The number of ketones is 1. The number of Topliss-reactive ketones (excluding diaryl/α,β-unsaturated/α-hetero) is 1. The highest BCUT2D eigenvalue weighted by Crippen LogP contribution is 2.45. The van der Waals surface area contributed by atoms with Crippen molar-refractivity contribution < 1.29 is 14.3 Å². The van der Waals surface area contributed by atoms with Crippen LogP contribution in [0.5, 0.6) is 0 Å². The van der Waals surface area contributed by atoms with Crippen LogP contribution in [0.25, 0.3) is 0 Å². The van der Waals surface area contributed by atoms with E-state index in [4.69, 9.17) is 4.74 Å². The third kappa shape index (κ3) is 4.61. The Balaban J connectivity index is 1.51. The van der Waals surface area contributed by atoms with Gasteiger partial charge in [0, 0.05) is 35.4 Å². The lowest BCUT2D eigenvalue weighted by Crippen LogP contribution is -2.26. The number of rotatable bonds is 6. The third-order valence-corrected chi connectivity index (χ3v) is 5.82. The zero-order chi connectivity index (χ0) is 20.4. The van der Waals surface area contributed by atoms with Crippen molar-refractivity contribution >= 4 is 28.9 Å². The Labute approximate surface area is 172 Å². The van der Waals surface area contributed by atoms with Crippen molar-refractivity contribution in [2.45, 2.75) is 46.0 Å². The molecular formula is C24H28N2O3. The molecule has 0 bridgehead atoms. The van der Waals surface area contributed by atoms with Crippen molar-refractivity contribution in [1.29, 1.82) is 0 Å². The molecule has 2 aromatic rings. The van der Waals surface area contributed by atoms with E-state index in [0.29, 0.717) is 13.0 Å². The van der Waals surface area contributed by atoms with Crippen LogP contribution in [0.1, 0.15) is 44.2 Å². The zero-order valence-electron chi connectivity index (χ0n) is 17.2. The molecule has 0 atom stereocenters. The third-order valence-electron chi connectivity index (χ3n) is 5.82. The summed E-state index contributed by atoms with van der Waals surface area (Å²) >= 11 is 0. The first kappa shape index (κ1) is 19.5. The van der Waals surface area contributed by atoms with E-state index in [9.17, 15) is 9.59 Å². The molecular weight excluding hydrogens is 364 g/mol. The van der Waals surface area contributed by atoms with Gasteiger partial charge >= 0.3 is 6.09 Å². The van der Waals surface area contributed by atoms with E-state index in [1.54, 1.807) is 6.92 Å². The monoisotopic (exact) mass is 392 g/mol. The lowest BCUT2D eigenvalue weighted by Gasteiger charge is -2.33. The molecule has 1 aliphatic heterocycles. The second-order valence-corrected chi connectivity index (χ2v) is 8.62. The van der Waals surface area contributed by atoms with Crippen LogP contribution >= 0.6 is 0 Å². The summed E-state index contributed by atoms with van der Waals surface area (Å²) in [4.78, 5) is 26.1. The summed E-state index contributed by atoms with van der Waals surface area (Å²) < 4.78 is 5.37. The minimum absolute atomic E-state index is 0.160. The Morgan fingerprint density at radius 1 is 1.14 bits per heavy atom. The van der Waals surface area contributed by atoms with Crippen molar-refractivity contribution in [3.05, 3.63) is 53.6 Å². The average Bonchev–Trinajstić information content (AvgIpc) is 3.44. The standard InChI is InChI=1S/C24H28N2O3/c1-17(27)14-18-6-3-4-8-21(18)26-13-5-7-19-15-20(9-10-22(19)26)25-23(28)29-16-24(2)11-12-24/h3-4,6,8-10,15H,5,7,11-14,16H2,1-2H3,(H,25,28). The minimum atomic E-state index is -0.391. The zero-order valence-corrected chi connectivity index (χ0v) is 17.2. The molecule has 5 heteroatoms. The van der Waals surface area contributed by atoms with E-state index < -0.39 is 6.09 Å². The van der Waals surface area contributed by atoms with Crippen molar-refractivity contribution in [3.8, 4) is 0 Å². The predicted molar refractivity (Wildman–Crippen MR) is 115 cm³/mol. The van der Waals surface area contributed by atoms with E-state index >= 15 is 0 Å². The number of nitrogens with zero attached hydrogens (tertiary/aromatic N) is 1. The molecule has 0 unspecified atom stereocenters. The smallest absolute Gasteiger partial charge is 0.411 e. The van der Waals surface area contributed by atoms with Gasteiger partial charge in [-0.2, -0.15) is 0 Å². The number of nitrogens with one attached hydrogen (secondary N) is 1. The number of fused-ring (bicyclic) bond motifs is 1. The highest BCUT2D eigenvalue weighted by atomic mass is 16.5. The summed E-state index contributed by atoms with van der Waals surface area (Å²) in [6, 6.07) is 14.1. The van der Waals surface area contributed by atoms with E-state index in [1.807, 2.05) is 30.3 Å². The van der Waals surface area contributed by atoms with Gasteiger partial charge < -0.3 is 9.64 Å². The van der Waals surface area contributed by atoms with Crippen molar-refractivity contribution in [3.63, 3.8) is 0 Å². The maximum Gasteiger partial charge on any atom is 0.411 e. The normalized spacial score (nSPS) is 16.7. The van der Waals surface area contributed by atoms with Crippen LogP contribution in [0.3, 0.4) is 0 Å². The van der Waals surface area contributed by atoms with Crippen LogP contribution in [0.4, 0.5) is 21.9 Å². The first-order valence-corrected chi connectivity index (χ1v) is 10.4. The summed E-state index contributed by atoms with van der Waals surface area (Å²) in [7, 11) is 0. The second kappa shape index (κ2) is 7.90. The maximum absolute atomic E-state index is 12.1. The number of anilines is 3. The predicted octanol–water partition coefficient (Wildman–Crippen LogP) is 5.25. The van der Waals surface area contributed by atoms with E-state index in [-0.39, 0.29) is 11.2 Å². The Bertz CT molecular complexity index is 933. The van der Waals surface area contributed by atoms with E-state index in [1.165, 1.54) is 5.56 Å². The second-order valence-electron chi connectivity index (χ2n) is 8.62. The number of ether oxygens (including phenoxy) is 1. The van der Waals surface area contributed by atoms with Crippen LogP contribution in [0.2, 0.25) is 0 Å². The average molecular weight is 392 g/mol. The summed E-state index contributed by atoms with van der Waals surface area (Å²) in [6.07, 6.45) is 4.28. The molecule has 1 aliphatic carbocycles. The SMILES string of the molecule is CC(=O)Cc1ccccc1N1CCCc2cc(NC(=O)OCC3(C)CC3)ccc21. The molecule has 29 heavy (non-hydrogen) atoms. The van der Waals surface area contributed by atoms with Gasteiger partial charge in [0.1, 0.15) is 5.78 Å². The number of benzene rings is 2. The van der Waals surface area contributed by atoms with Gasteiger partial charge in [-0.15, -0.1) is 0 Å². The first-order chi connectivity index (χ1) is 13.9. The molecule has 1 amide bonds. The molecule has 2 aromatic carbocycles. The quantitative estimate of drug-likeness (QED) is 0.729. The molecule has 5 nitrogen and oxygen atoms in total. The van der Waals surface area contributed by atoms with Crippen LogP contribution in [-0.4, -0.2) is 25.0 Å². The largest absolute Gasteiger partial charge is 0.449 e. The van der Waals surface area contributed by atoms with Gasteiger partial charge in [-0.05, 0) is 68.0 Å². The van der Waals surface area contributed by atoms with Gasteiger partial charge in [-0.1, -0.05) is 25.1 Å². The van der Waals surface area contributed by atoms with Gasteiger partial charge in [0.2, 0.25) is 0 Å². The lowest BCUT2D eigenvalue weighted by molar-refractivity contribution is -0.116. The Hall–Kier alpha value is -2.82. The Morgan fingerprint density at radius 2 is 1.93 bits per heavy atom. The number of hydrogen-bond donors (Lipinski definition) is 1. The molecule has 0 aromatic heterocycles. The van der Waals surface area contributed by atoms with Crippen LogP contribution < -0.4 is 10.2 Å². The summed E-state index contributed by atoms with van der Waals surface area (Å²) in [5.74, 6) is 0.160. The first-order valence-electron chi connectivity index (χ1n) is 10.4. The van der Waals surface area contributed by atoms with Crippen LogP contribution in [-0.2, 0) is 22.4 Å². The van der Waals surface area contributed by atoms with Gasteiger partial charge in [-0.25, -0.2) is 4.79 Å². The lowest BCUT2D eigenvalue weighted by atomic mass is 9.98. The molecule has 1 heterocycles. The highest BCUT2D eigenvalue weighted by molar-refractivity contribution is 5.86. The Kier molecular flexibility index (Phi) is 5.31. The summed E-state index contributed by atoms with van der Waals surface area (Å²) in [6.45, 7) is 5.15. The molecule has 0 spiro atoms. The fraction of sp³-hybridized carbons (Fsp3) is 0.417. The molecule has 4 rings (SSSR count). The molecule has 0 radical (unpaired) electrons. The number of carbonyl (C=O) groups excluding carboxylic acids is 2. The molecule has 2 aliphatic rings. The van der Waals surface area contributed by atoms with Crippen molar-refractivity contribution in [1.82, 2.24) is 0 Å². The van der Waals surface area contributed by atoms with Gasteiger partial charge in [0.15, 0.2) is 0 Å². The van der Waals surface area contributed by atoms with Gasteiger partial charge in [0.25, 0.3) is 0 Å². The van der Waals surface area contributed by atoms with Gasteiger partial charge in [0.05, 0.1) is 6.61 Å². The Morgan fingerprint density at radius 3 is 2.69 bits per heavy atom. The van der Waals surface area contributed by atoms with E-state index in [0.717, 1.165) is 54.9 Å². The molecule has 1 saturated carbocycles.